The lowest BCUT2D eigenvalue weighted by molar-refractivity contribution is -0.144. The van der Waals surface area contributed by atoms with E-state index in [1.807, 2.05) is 128 Å². The first-order valence-corrected chi connectivity index (χ1v) is 21.1. The summed E-state index contributed by atoms with van der Waals surface area (Å²) in [6.07, 6.45) is 2.59. The van der Waals surface area contributed by atoms with Crippen molar-refractivity contribution in [2.24, 2.45) is 0 Å². The van der Waals surface area contributed by atoms with Gasteiger partial charge in [0.25, 0.3) is 11.8 Å². The summed E-state index contributed by atoms with van der Waals surface area (Å²) in [7, 11) is 0. The highest BCUT2D eigenvalue weighted by Gasteiger charge is 2.25. The number of amides is 2. The van der Waals surface area contributed by atoms with E-state index in [4.69, 9.17) is 23.7 Å². The molecular weight excluding hydrogens is 781 g/mol. The van der Waals surface area contributed by atoms with Crippen LogP contribution in [-0.2, 0) is 36.0 Å². The van der Waals surface area contributed by atoms with Crippen molar-refractivity contribution in [3.8, 4) is 23.0 Å². The Bertz CT molecular complexity index is 2290. The molecule has 0 aliphatic rings. The Morgan fingerprint density at radius 3 is 1.44 bits per heavy atom. The van der Waals surface area contributed by atoms with Crippen molar-refractivity contribution < 1.29 is 38.1 Å². The third-order valence-corrected chi connectivity index (χ3v) is 9.87. The number of carbonyl (C=O) groups is 3. The van der Waals surface area contributed by atoms with Crippen molar-refractivity contribution in [1.29, 1.82) is 0 Å². The topological polar surface area (TPSA) is 113 Å². The Balaban J connectivity index is 1.15. The predicted octanol–water partition coefficient (Wildman–Crippen LogP) is 10.00. The van der Waals surface area contributed by atoms with E-state index in [1.54, 1.807) is 36.4 Å². The minimum Gasteiger partial charge on any atom is -0.485 e. The molecule has 0 aliphatic carbocycles. The monoisotopic (exact) mass is 834 g/mol. The quantitative estimate of drug-likeness (QED) is 0.0474. The SMILES string of the molecule is CCCCOC(=O)CN(CCCCNC(=O)c1cccc(OCc2ccccc2)c1OCc1ccccc1)C(=O)c1cccc(OCc2ccccc2)c1OCc1ccccc1. The van der Waals surface area contributed by atoms with Gasteiger partial charge in [-0.3, -0.25) is 14.4 Å². The van der Waals surface area contributed by atoms with Gasteiger partial charge in [0.2, 0.25) is 0 Å². The van der Waals surface area contributed by atoms with Gasteiger partial charge in [-0.1, -0.05) is 147 Å². The molecule has 6 rings (SSSR count). The van der Waals surface area contributed by atoms with Crippen LogP contribution in [0.15, 0.2) is 158 Å². The molecule has 10 nitrogen and oxygen atoms in total. The molecule has 6 aromatic rings. The van der Waals surface area contributed by atoms with Crippen LogP contribution >= 0.6 is 0 Å². The maximum absolute atomic E-state index is 14.5. The van der Waals surface area contributed by atoms with E-state index < -0.39 is 11.9 Å². The summed E-state index contributed by atoms with van der Waals surface area (Å²) in [4.78, 5) is 42.8. The maximum atomic E-state index is 14.5. The number of benzene rings is 6. The van der Waals surface area contributed by atoms with Crippen LogP contribution in [0, 0.1) is 0 Å². The van der Waals surface area contributed by atoms with Gasteiger partial charge in [-0.15, -0.1) is 0 Å². The molecule has 0 unspecified atom stereocenters. The first kappa shape index (κ1) is 44.5. The summed E-state index contributed by atoms with van der Waals surface area (Å²) < 4.78 is 30.5. The number of hydrogen-bond acceptors (Lipinski definition) is 8. The molecule has 0 aliphatic heterocycles. The normalized spacial score (nSPS) is 10.7. The lowest BCUT2D eigenvalue weighted by atomic mass is 10.1. The van der Waals surface area contributed by atoms with Gasteiger partial charge >= 0.3 is 5.97 Å². The van der Waals surface area contributed by atoms with E-state index in [1.165, 1.54) is 4.90 Å². The zero-order chi connectivity index (χ0) is 43.2. The van der Waals surface area contributed by atoms with Crippen LogP contribution < -0.4 is 24.3 Å². The Morgan fingerprint density at radius 2 is 0.952 bits per heavy atom. The van der Waals surface area contributed by atoms with Gasteiger partial charge in [-0.2, -0.15) is 0 Å². The highest BCUT2D eigenvalue weighted by Crippen LogP contribution is 2.35. The number of hydrogen-bond donors (Lipinski definition) is 1. The van der Waals surface area contributed by atoms with Crippen LogP contribution in [0.1, 0.15) is 75.6 Å². The van der Waals surface area contributed by atoms with Crippen molar-refractivity contribution in [2.45, 2.75) is 59.0 Å². The van der Waals surface area contributed by atoms with Crippen LogP contribution in [0.3, 0.4) is 0 Å². The molecule has 0 saturated heterocycles. The first-order valence-electron chi connectivity index (χ1n) is 21.1. The van der Waals surface area contributed by atoms with E-state index >= 15 is 0 Å². The number of nitrogens with one attached hydrogen (secondary N) is 1. The minimum atomic E-state index is -0.499. The van der Waals surface area contributed by atoms with Gasteiger partial charge < -0.3 is 33.9 Å². The molecule has 0 radical (unpaired) electrons. The molecule has 0 atom stereocenters. The van der Waals surface area contributed by atoms with E-state index in [2.05, 4.69) is 5.32 Å². The largest absolute Gasteiger partial charge is 0.485 e. The molecular formula is C52H54N2O8. The fourth-order valence-corrected chi connectivity index (χ4v) is 6.51. The lowest BCUT2D eigenvalue weighted by Gasteiger charge is -2.24. The van der Waals surface area contributed by atoms with E-state index in [0.717, 1.165) is 35.1 Å². The van der Waals surface area contributed by atoms with Crippen LogP contribution in [0.2, 0.25) is 0 Å². The third kappa shape index (κ3) is 13.7. The van der Waals surface area contributed by atoms with Crippen molar-refractivity contribution in [1.82, 2.24) is 10.2 Å². The second kappa shape index (κ2) is 24.3. The predicted molar refractivity (Wildman–Crippen MR) is 239 cm³/mol. The van der Waals surface area contributed by atoms with Crippen molar-refractivity contribution in [3.63, 3.8) is 0 Å². The number of esters is 1. The summed E-state index contributed by atoms with van der Waals surface area (Å²) in [6, 6.07) is 49.4. The second-order valence-electron chi connectivity index (χ2n) is 14.6. The van der Waals surface area contributed by atoms with Gasteiger partial charge in [0.15, 0.2) is 23.0 Å². The number of carbonyl (C=O) groups excluding carboxylic acids is 3. The van der Waals surface area contributed by atoms with Crippen LogP contribution in [0.25, 0.3) is 0 Å². The third-order valence-electron chi connectivity index (χ3n) is 9.87. The first-order chi connectivity index (χ1) is 30.5. The molecule has 0 aromatic heterocycles. The number of para-hydroxylation sites is 2. The number of nitrogens with zero attached hydrogens (tertiary/aromatic N) is 1. The molecule has 0 fully saturated rings. The molecule has 62 heavy (non-hydrogen) atoms. The van der Waals surface area contributed by atoms with Crippen LogP contribution in [0.5, 0.6) is 23.0 Å². The van der Waals surface area contributed by atoms with E-state index in [-0.39, 0.29) is 56.7 Å². The number of ether oxygens (including phenoxy) is 5. The Kier molecular flexibility index (Phi) is 17.4. The number of rotatable bonds is 24. The van der Waals surface area contributed by atoms with Crippen LogP contribution in [0.4, 0.5) is 0 Å². The highest BCUT2D eigenvalue weighted by molar-refractivity contribution is 5.99. The van der Waals surface area contributed by atoms with Crippen molar-refractivity contribution in [3.05, 3.63) is 191 Å². The summed E-state index contributed by atoms with van der Waals surface area (Å²) >= 11 is 0. The second-order valence-corrected chi connectivity index (χ2v) is 14.6. The molecule has 1 N–H and O–H groups in total. The fraction of sp³-hybridized carbons (Fsp3) is 0.250. The van der Waals surface area contributed by atoms with Gasteiger partial charge in [0.05, 0.1) is 17.7 Å². The van der Waals surface area contributed by atoms with Gasteiger partial charge in [0, 0.05) is 13.1 Å². The molecule has 6 aromatic carbocycles. The Morgan fingerprint density at radius 1 is 0.500 bits per heavy atom. The van der Waals surface area contributed by atoms with Gasteiger partial charge in [0.1, 0.15) is 33.0 Å². The Labute approximate surface area is 364 Å². The summed E-state index contributed by atoms with van der Waals surface area (Å²) in [5, 5.41) is 3.02. The zero-order valence-electron chi connectivity index (χ0n) is 35.2. The summed E-state index contributed by atoms with van der Waals surface area (Å²) in [5.74, 6) is 0.281. The molecule has 2 amide bonds. The minimum absolute atomic E-state index is 0.201. The van der Waals surface area contributed by atoms with Crippen molar-refractivity contribution >= 4 is 17.8 Å². The molecule has 320 valence electrons. The average Bonchev–Trinajstić information content (AvgIpc) is 3.32. The molecule has 0 heterocycles. The summed E-state index contributed by atoms with van der Waals surface area (Å²) in [6.45, 7) is 3.59. The highest BCUT2D eigenvalue weighted by atomic mass is 16.5. The van der Waals surface area contributed by atoms with Crippen molar-refractivity contribution in [2.75, 3.05) is 26.2 Å². The standard InChI is InChI=1S/C52H54N2O8/c1-2-3-34-58-48(55)35-54(52(57)45-29-19-31-47(60-37-41-22-10-5-11-23-41)50(45)62-39-43-26-14-7-15-27-43)33-17-16-32-53-51(56)44-28-18-30-46(59-36-40-20-8-4-9-21-40)49(44)61-38-42-24-12-6-13-25-42/h4-15,18-31H,2-3,16-17,32-39H2,1H3,(H,53,56). The summed E-state index contributed by atoms with van der Waals surface area (Å²) in [5.41, 5.74) is 4.42. The zero-order valence-corrected chi connectivity index (χ0v) is 35.2. The molecule has 0 bridgehead atoms. The Hall–Kier alpha value is -7.07. The molecule has 0 spiro atoms. The van der Waals surface area contributed by atoms with E-state index in [9.17, 15) is 14.4 Å². The fourth-order valence-electron chi connectivity index (χ4n) is 6.51. The van der Waals surface area contributed by atoms with Gasteiger partial charge in [-0.25, -0.2) is 0 Å². The smallest absolute Gasteiger partial charge is 0.325 e. The average molecular weight is 835 g/mol. The van der Waals surface area contributed by atoms with Gasteiger partial charge in [-0.05, 0) is 65.8 Å². The lowest BCUT2D eigenvalue weighted by Crippen LogP contribution is -2.38. The number of unbranched alkanes of at least 4 members (excludes halogenated alkanes) is 2. The molecule has 0 saturated carbocycles. The van der Waals surface area contributed by atoms with Crippen LogP contribution in [-0.4, -0.2) is 48.9 Å². The molecule has 10 heteroatoms. The van der Waals surface area contributed by atoms with E-state index in [0.29, 0.717) is 48.8 Å². The maximum Gasteiger partial charge on any atom is 0.325 e.